The molecule has 2 amide bonds. The number of nitrogens with zero attached hydrogens (tertiary/aromatic N) is 1. The number of amides is 2. The van der Waals surface area contributed by atoms with Crippen molar-refractivity contribution in [3.8, 4) is 0 Å². The van der Waals surface area contributed by atoms with Crippen molar-refractivity contribution in [3.05, 3.63) is 0 Å². The van der Waals surface area contributed by atoms with Crippen LogP contribution < -0.4 is 11.1 Å². The Labute approximate surface area is 120 Å². The molecule has 0 spiro atoms. The summed E-state index contributed by atoms with van der Waals surface area (Å²) in [5, 5.41) is 2.66. The third kappa shape index (κ3) is 6.22. The molecule has 1 aliphatic heterocycles. The smallest absolute Gasteiger partial charge is 0.250 e. The first-order valence-corrected chi connectivity index (χ1v) is 6.47. The van der Waals surface area contributed by atoms with Crippen LogP contribution in [-0.2, 0) is 14.3 Å². The molecular formula is C12H24ClN3O3. The zero-order valence-electron chi connectivity index (χ0n) is 11.4. The molecule has 1 atom stereocenters. The molecule has 0 aromatic carbocycles. The summed E-state index contributed by atoms with van der Waals surface area (Å²) in [5.74, 6) is -0.150. The molecule has 1 rings (SSSR count). The van der Waals surface area contributed by atoms with Crippen LogP contribution in [0.15, 0.2) is 0 Å². The van der Waals surface area contributed by atoms with Gasteiger partial charge in [0, 0.05) is 39.7 Å². The summed E-state index contributed by atoms with van der Waals surface area (Å²) in [5.41, 5.74) is 5.37. The average molecular weight is 294 g/mol. The third-order valence-corrected chi connectivity index (χ3v) is 3.14. The summed E-state index contributed by atoms with van der Waals surface area (Å²) < 4.78 is 4.90. The van der Waals surface area contributed by atoms with Crippen LogP contribution in [0, 0.1) is 0 Å². The number of likely N-dealkylation sites (tertiary alicyclic amines) is 1. The van der Waals surface area contributed by atoms with Crippen molar-refractivity contribution >= 4 is 24.2 Å². The topological polar surface area (TPSA) is 84.7 Å². The van der Waals surface area contributed by atoms with Crippen molar-refractivity contribution in [2.24, 2.45) is 5.73 Å². The van der Waals surface area contributed by atoms with E-state index in [0.29, 0.717) is 13.0 Å². The molecule has 1 saturated heterocycles. The Morgan fingerprint density at radius 3 is 2.47 bits per heavy atom. The molecule has 1 unspecified atom stereocenters. The van der Waals surface area contributed by atoms with E-state index in [2.05, 4.69) is 5.32 Å². The summed E-state index contributed by atoms with van der Waals surface area (Å²) in [6.07, 6.45) is 3.07. The van der Waals surface area contributed by atoms with Gasteiger partial charge in [0.2, 0.25) is 11.8 Å². The first-order valence-electron chi connectivity index (χ1n) is 6.47. The lowest BCUT2D eigenvalue weighted by atomic mass is 10.1. The fourth-order valence-electron chi connectivity index (χ4n) is 2.02. The van der Waals surface area contributed by atoms with Gasteiger partial charge in [-0.25, -0.2) is 0 Å². The Balaban J connectivity index is 0.00000324. The maximum atomic E-state index is 11.8. The van der Waals surface area contributed by atoms with E-state index in [1.807, 2.05) is 4.90 Å². The average Bonchev–Trinajstić information content (AvgIpc) is 2.41. The predicted octanol–water partition coefficient (Wildman–Crippen LogP) is -0.0993. The zero-order chi connectivity index (χ0) is 13.4. The number of nitrogens with one attached hydrogen (secondary N) is 1. The number of methoxy groups -OCH3 is 1. The fourth-order valence-corrected chi connectivity index (χ4v) is 2.02. The highest BCUT2D eigenvalue weighted by molar-refractivity contribution is 5.85. The first kappa shape index (κ1) is 18.1. The SMILES string of the molecule is COC(CN)C(=O)NCCC(=O)N1CCCCC1.Cl. The van der Waals surface area contributed by atoms with Crippen LogP contribution in [0.3, 0.4) is 0 Å². The van der Waals surface area contributed by atoms with Crippen LogP contribution in [0.5, 0.6) is 0 Å². The molecule has 112 valence electrons. The Morgan fingerprint density at radius 2 is 1.95 bits per heavy atom. The van der Waals surface area contributed by atoms with Gasteiger partial charge < -0.3 is 20.7 Å². The van der Waals surface area contributed by atoms with Gasteiger partial charge in [-0.2, -0.15) is 0 Å². The Kier molecular flexibility index (Phi) is 9.55. The predicted molar refractivity (Wildman–Crippen MR) is 75.2 cm³/mol. The van der Waals surface area contributed by atoms with Crippen molar-refractivity contribution in [2.75, 3.05) is 33.3 Å². The largest absolute Gasteiger partial charge is 0.370 e. The monoisotopic (exact) mass is 293 g/mol. The molecule has 0 aliphatic carbocycles. The molecule has 0 radical (unpaired) electrons. The Hall–Kier alpha value is -0.850. The number of piperidine rings is 1. The van der Waals surface area contributed by atoms with Crippen LogP contribution >= 0.6 is 12.4 Å². The highest BCUT2D eigenvalue weighted by atomic mass is 35.5. The van der Waals surface area contributed by atoms with Gasteiger partial charge in [-0.3, -0.25) is 9.59 Å². The lowest BCUT2D eigenvalue weighted by molar-refractivity contribution is -0.133. The second kappa shape index (κ2) is 10.00. The maximum absolute atomic E-state index is 11.8. The molecule has 0 saturated carbocycles. The lowest BCUT2D eigenvalue weighted by Gasteiger charge is -2.26. The number of halogens is 1. The van der Waals surface area contributed by atoms with Gasteiger partial charge in [0.05, 0.1) is 0 Å². The minimum atomic E-state index is -0.630. The number of hydrogen-bond donors (Lipinski definition) is 2. The van der Waals surface area contributed by atoms with E-state index in [1.165, 1.54) is 13.5 Å². The number of carbonyl (C=O) groups excluding carboxylic acids is 2. The van der Waals surface area contributed by atoms with Crippen molar-refractivity contribution in [1.82, 2.24) is 10.2 Å². The molecular weight excluding hydrogens is 270 g/mol. The normalized spacial score (nSPS) is 16.4. The van der Waals surface area contributed by atoms with E-state index < -0.39 is 6.10 Å². The summed E-state index contributed by atoms with van der Waals surface area (Å²) in [7, 11) is 1.44. The highest BCUT2D eigenvalue weighted by Crippen LogP contribution is 2.09. The molecule has 3 N–H and O–H groups in total. The Bertz CT molecular complexity index is 279. The lowest BCUT2D eigenvalue weighted by Crippen LogP contribution is -2.42. The molecule has 6 nitrogen and oxygen atoms in total. The molecule has 1 aliphatic rings. The van der Waals surface area contributed by atoms with Gasteiger partial charge in [0.15, 0.2) is 0 Å². The molecule has 1 heterocycles. The molecule has 19 heavy (non-hydrogen) atoms. The molecule has 0 aromatic heterocycles. The van der Waals surface area contributed by atoms with Gasteiger partial charge in [-0.05, 0) is 19.3 Å². The summed E-state index contributed by atoms with van der Waals surface area (Å²) in [6.45, 7) is 2.17. The maximum Gasteiger partial charge on any atom is 0.250 e. The van der Waals surface area contributed by atoms with Crippen molar-refractivity contribution in [1.29, 1.82) is 0 Å². The number of ether oxygens (including phenoxy) is 1. The van der Waals surface area contributed by atoms with Crippen LogP contribution in [0.1, 0.15) is 25.7 Å². The van der Waals surface area contributed by atoms with Crippen molar-refractivity contribution < 1.29 is 14.3 Å². The number of nitrogens with two attached hydrogens (primary N) is 1. The van der Waals surface area contributed by atoms with Gasteiger partial charge in [-0.15, -0.1) is 12.4 Å². The van der Waals surface area contributed by atoms with E-state index in [4.69, 9.17) is 10.5 Å². The second-order valence-corrected chi connectivity index (χ2v) is 4.44. The summed E-state index contributed by atoms with van der Waals surface area (Å²) >= 11 is 0. The van der Waals surface area contributed by atoms with Crippen molar-refractivity contribution in [3.63, 3.8) is 0 Å². The van der Waals surface area contributed by atoms with Crippen LogP contribution in [-0.4, -0.2) is 56.1 Å². The van der Waals surface area contributed by atoms with E-state index in [9.17, 15) is 9.59 Å². The minimum absolute atomic E-state index is 0. The van der Waals surface area contributed by atoms with Gasteiger partial charge in [0.1, 0.15) is 6.10 Å². The van der Waals surface area contributed by atoms with Crippen LogP contribution in [0.2, 0.25) is 0 Å². The molecule has 7 heteroatoms. The van der Waals surface area contributed by atoms with Crippen LogP contribution in [0.4, 0.5) is 0 Å². The molecule has 0 bridgehead atoms. The van der Waals surface area contributed by atoms with E-state index >= 15 is 0 Å². The minimum Gasteiger partial charge on any atom is -0.370 e. The number of hydrogen-bond acceptors (Lipinski definition) is 4. The second-order valence-electron chi connectivity index (χ2n) is 4.44. The number of carbonyl (C=O) groups is 2. The number of rotatable bonds is 6. The van der Waals surface area contributed by atoms with Gasteiger partial charge in [-0.1, -0.05) is 0 Å². The van der Waals surface area contributed by atoms with E-state index in [-0.39, 0.29) is 30.8 Å². The quantitative estimate of drug-likeness (QED) is 0.716. The fraction of sp³-hybridized carbons (Fsp3) is 0.833. The van der Waals surface area contributed by atoms with Gasteiger partial charge >= 0.3 is 0 Å². The van der Waals surface area contributed by atoms with Crippen LogP contribution in [0.25, 0.3) is 0 Å². The first-order chi connectivity index (χ1) is 8.69. The van der Waals surface area contributed by atoms with E-state index in [0.717, 1.165) is 25.9 Å². The van der Waals surface area contributed by atoms with Gasteiger partial charge in [0.25, 0.3) is 0 Å². The highest BCUT2D eigenvalue weighted by Gasteiger charge is 2.18. The van der Waals surface area contributed by atoms with Crippen molar-refractivity contribution in [2.45, 2.75) is 31.8 Å². The third-order valence-electron chi connectivity index (χ3n) is 3.14. The Morgan fingerprint density at radius 1 is 1.32 bits per heavy atom. The summed E-state index contributed by atoms with van der Waals surface area (Å²) in [4.78, 5) is 25.2. The van der Waals surface area contributed by atoms with E-state index in [1.54, 1.807) is 0 Å². The molecule has 1 fully saturated rings. The standard InChI is InChI=1S/C12H23N3O3.ClH/c1-18-10(9-13)12(17)14-6-5-11(16)15-7-3-2-4-8-15;/h10H,2-9,13H2,1H3,(H,14,17);1H. The zero-order valence-corrected chi connectivity index (χ0v) is 12.2. The summed E-state index contributed by atoms with van der Waals surface area (Å²) in [6, 6.07) is 0. The molecule has 0 aromatic rings.